The number of nitrogens with one attached hydrogen (secondary N) is 1. The first-order valence-corrected chi connectivity index (χ1v) is 5.28. The summed E-state index contributed by atoms with van der Waals surface area (Å²) >= 11 is 1.72. The normalized spacial score (nSPS) is 13.2. The molecule has 3 heteroatoms. The third-order valence-corrected chi connectivity index (χ3v) is 2.52. The molecule has 68 valence electrons. The highest BCUT2D eigenvalue weighted by Gasteiger charge is 2.07. The molecular formula is C9H16N2S. The van der Waals surface area contributed by atoms with Gasteiger partial charge in [0.05, 0.1) is 0 Å². The molecule has 2 nitrogen and oxygen atoms in total. The van der Waals surface area contributed by atoms with Crippen LogP contribution in [0.3, 0.4) is 0 Å². The van der Waals surface area contributed by atoms with Gasteiger partial charge in [-0.15, -0.1) is 0 Å². The standard InChI is InChI=1S/C9H16N2S/c1-2-4-11-9(6-10)8-3-5-12-7-8/h3,5,7,9,11H,2,4,6,10H2,1H3. The fourth-order valence-corrected chi connectivity index (χ4v) is 1.84. The average molecular weight is 184 g/mol. The van der Waals surface area contributed by atoms with Crippen molar-refractivity contribution in [3.8, 4) is 0 Å². The summed E-state index contributed by atoms with van der Waals surface area (Å²) < 4.78 is 0. The van der Waals surface area contributed by atoms with Crippen molar-refractivity contribution in [2.24, 2.45) is 5.73 Å². The molecule has 1 unspecified atom stereocenters. The SMILES string of the molecule is CCCNC(CN)c1ccsc1. The van der Waals surface area contributed by atoms with Crippen molar-refractivity contribution in [2.45, 2.75) is 19.4 Å². The Kier molecular flexibility index (Phi) is 4.29. The summed E-state index contributed by atoms with van der Waals surface area (Å²) in [6, 6.07) is 2.47. The molecule has 0 amide bonds. The Balaban J connectivity index is 2.45. The van der Waals surface area contributed by atoms with Crippen LogP contribution in [0, 0.1) is 0 Å². The molecule has 0 saturated carbocycles. The van der Waals surface area contributed by atoms with E-state index < -0.39 is 0 Å². The molecule has 0 radical (unpaired) electrons. The van der Waals surface area contributed by atoms with E-state index in [1.165, 1.54) is 5.56 Å². The van der Waals surface area contributed by atoms with E-state index in [0.717, 1.165) is 13.0 Å². The van der Waals surface area contributed by atoms with Gasteiger partial charge >= 0.3 is 0 Å². The maximum absolute atomic E-state index is 5.65. The molecule has 0 aliphatic carbocycles. The maximum atomic E-state index is 5.65. The summed E-state index contributed by atoms with van der Waals surface area (Å²) in [5, 5.41) is 7.65. The molecule has 1 aromatic rings. The Hall–Kier alpha value is -0.380. The number of hydrogen-bond donors (Lipinski definition) is 2. The van der Waals surface area contributed by atoms with E-state index in [4.69, 9.17) is 5.73 Å². The molecule has 0 aliphatic heterocycles. The molecule has 1 aromatic heterocycles. The zero-order chi connectivity index (χ0) is 8.81. The van der Waals surface area contributed by atoms with Crippen molar-refractivity contribution < 1.29 is 0 Å². The second-order valence-electron chi connectivity index (χ2n) is 2.80. The van der Waals surface area contributed by atoms with Gasteiger partial charge in [-0.3, -0.25) is 0 Å². The molecule has 0 spiro atoms. The van der Waals surface area contributed by atoms with E-state index in [0.29, 0.717) is 12.6 Å². The van der Waals surface area contributed by atoms with Crippen LogP contribution in [0.2, 0.25) is 0 Å². The lowest BCUT2D eigenvalue weighted by molar-refractivity contribution is 0.541. The Labute approximate surface area is 77.8 Å². The predicted molar refractivity (Wildman–Crippen MR) is 54.4 cm³/mol. The Morgan fingerprint density at radius 2 is 2.50 bits per heavy atom. The van der Waals surface area contributed by atoms with Crippen molar-refractivity contribution in [1.29, 1.82) is 0 Å². The van der Waals surface area contributed by atoms with E-state index in [2.05, 4.69) is 29.1 Å². The summed E-state index contributed by atoms with van der Waals surface area (Å²) in [5.41, 5.74) is 6.96. The summed E-state index contributed by atoms with van der Waals surface area (Å²) in [6.07, 6.45) is 1.15. The second kappa shape index (κ2) is 5.30. The lowest BCUT2D eigenvalue weighted by Crippen LogP contribution is -2.28. The topological polar surface area (TPSA) is 38.0 Å². The van der Waals surface area contributed by atoms with E-state index >= 15 is 0 Å². The predicted octanol–water partition coefficient (Wildman–Crippen LogP) is 1.75. The summed E-state index contributed by atoms with van der Waals surface area (Å²) in [6.45, 7) is 3.88. The van der Waals surface area contributed by atoms with Crippen LogP contribution in [-0.4, -0.2) is 13.1 Å². The van der Waals surface area contributed by atoms with Gasteiger partial charge in [0.15, 0.2) is 0 Å². The van der Waals surface area contributed by atoms with Crippen LogP contribution < -0.4 is 11.1 Å². The van der Waals surface area contributed by atoms with Crippen LogP contribution in [0.5, 0.6) is 0 Å². The summed E-state index contributed by atoms with van der Waals surface area (Å²) in [5.74, 6) is 0. The second-order valence-corrected chi connectivity index (χ2v) is 3.58. The monoisotopic (exact) mass is 184 g/mol. The first-order valence-electron chi connectivity index (χ1n) is 4.34. The minimum absolute atomic E-state index is 0.344. The first kappa shape index (κ1) is 9.71. The molecule has 3 N–H and O–H groups in total. The highest BCUT2D eigenvalue weighted by Crippen LogP contribution is 2.14. The van der Waals surface area contributed by atoms with Crippen molar-refractivity contribution in [1.82, 2.24) is 5.32 Å². The number of thiophene rings is 1. The Morgan fingerprint density at radius 3 is 3.00 bits per heavy atom. The van der Waals surface area contributed by atoms with E-state index in [1.54, 1.807) is 11.3 Å². The quantitative estimate of drug-likeness (QED) is 0.731. The minimum atomic E-state index is 0.344. The fourth-order valence-electron chi connectivity index (χ4n) is 1.13. The van der Waals surface area contributed by atoms with Gasteiger partial charge in [0.2, 0.25) is 0 Å². The molecule has 1 heterocycles. The molecule has 1 rings (SSSR count). The van der Waals surface area contributed by atoms with Crippen LogP contribution >= 0.6 is 11.3 Å². The van der Waals surface area contributed by atoms with Crippen LogP contribution in [0.15, 0.2) is 16.8 Å². The van der Waals surface area contributed by atoms with Crippen LogP contribution in [0.1, 0.15) is 24.9 Å². The van der Waals surface area contributed by atoms with Gasteiger partial charge in [0.25, 0.3) is 0 Å². The smallest absolute Gasteiger partial charge is 0.0452 e. The fraction of sp³-hybridized carbons (Fsp3) is 0.556. The van der Waals surface area contributed by atoms with Gasteiger partial charge in [-0.2, -0.15) is 11.3 Å². The lowest BCUT2D eigenvalue weighted by atomic mass is 10.1. The molecule has 1 atom stereocenters. The third kappa shape index (κ3) is 2.59. The van der Waals surface area contributed by atoms with Gasteiger partial charge in [0, 0.05) is 12.6 Å². The van der Waals surface area contributed by atoms with Gasteiger partial charge in [-0.1, -0.05) is 6.92 Å². The zero-order valence-corrected chi connectivity index (χ0v) is 8.23. The van der Waals surface area contributed by atoms with Crippen molar-refractivity contribution in [3.63, 3.8) is 0 Å². The molecule has 0 fully saturated rings. The first-order chi connectivity index (χ1) is 5.88. The summed E-state index contributed by atoms with van der Waals surface area (Å²) in [7, 11) is 0. The highest BCUT2D eigenvalue weighted by atomic mass is 32.1. The third-order valence-electron chi connectivity index (χ3n) is 1.82. The van der Waals surface area contributed by atoms with Crippen LogP contribution in [0.25, 0.3) is 0 Å². The summed E-state index contributed by atoms with van der Waals surface area (Å²) in [4.78, 5) is 0. The molecule has 12 heavy (non-hydrogen) atoms. The largest absolute Gasteiger partial charge is 0.329 e. The van der Waals surface area contributed by atoms with Gasteiger partial charge < -0.3 is 11.1 Å². The van der Waals surface area contributed by atoms with E-state index in [1.807, 2.05) is 0 Å². The minimum Gasteiger partial charge on any atom is -0.329 e. The molecule has 0 bridgehead atoms. The maximum Gasteiger partial charge on any atom is 0.0452 e. The Morgan fingerprint density at radius 1 is 1.67 bits per heavy atom. The highest BCUT2D eigenvalue weighted by molar-refractivity contribution is 7.07. The molecule has 0 aliphatic rings. The van der Waals surface area contributed by atoms with Crippen LogP contribution in [0.4, 0.5) is 0 Å². The Bertz CT molecular complexity index is 196. The number of rotatable bonds is 5. The molecule has 0 aromatic carbocycles. The van der Waals surface area contributed by atoms with E-state index in [9.17, 15) is 0 Å². The number of hydrogen-bond acceptors (Lipinski definition) is 3. The average Bonchev–Trinajstić information content (AvgIpc) is 2.59. The zero-order valence-electron chi connectivity index (χ0n) is 7.42. The van der Waals surface area contributed by atoms with Crippen molar-refractivity contribution in [3.05, 3.63) is 22.4 Å². The molecular weight excluding hydrogens is 168 g/mol. The van der Waals surface area contributed by atoms with Gasteiger partial charge in [0.1, 0.15) is 0 Å². The van der Waals surface area contributed by atoms with Crippen molar-refractivity contribution in [2.75, 3.05) is 13.1 Å². The molecule has 0 saturated heterocycles. The lowest BCUT2D eigenvalue weighted by Gasteiger charge is -2.14. The van der Waals surface area contributed by atoms with Gasteiger partial charge in [-0.25, -0.2) is 0 Å². The number of nitrogens with two attached hydrogens (primary N) is 1. The van der Waals surface area contributed by atoms with Crippen LogP contribution in [-0.2, 0) is 0 Å². The van der Waals surface area contributed by atoms with E-state index in [-0.39, 0.29) is 0 Å². The van der Waals surface area contributed by atoms with Crippen molar-refractivity contribution >= 4 is 11.3 Å². The van der Waals surface area contributed by atoms with Gasteiger partial charge in [-0.05, 0) is 35.4 Å².